The summed E-state index contributed by atoms with van der Waals surface area (Å²) in [5, 5.41) is 13.1. The van der Waals surface area contributed by atoms with E-state index in [1.54, 1.807) is 18.2 Å². The van der Waals surface area contributed by atoms with E-state index in [9.17, 15) is 19.7 Å². The predicted octanol–water partition coefficient (Wildman–Crippen LogP) is 3.20. The largest absolute Gasteiger partial charge is 0.493 e. The zero-order valence-electron chi connectivity index (χ0n) is 15.9. The van der Waals surface area contributed by atoms with Gasteiger partial charge in [0.2, 0.25) is 0 Å². The van der Waals surface area contributed by atoms with Crippen LogP contribution < -0.4 is 14.8 Å². The van der Waals surface area contributed by atoms with Crippen LogP contribution in [0.3, 0.4) is 0 Å². The van der Waals surface area contributed by atoms with Crippen molar-refractivity contribution in [2.24, 2.45) is 0 Å². The van der Waals surface area contributed by atoms with E-state index in [4.69, 9.17) is 14.2 Å². The number of non-ortho nitro benzene ring substituents is 1. The number of ether oxygens (including phenoxy) is 3. The minimum Gasteiger partial charge on any atom is -0.493 e. The second-order valence-corrected chi connectivity index (χ2v) is 5.64. The van der Waals surface area contributed by atoms with E-state index in [1.807, 2.05) is 6.92 Å². The number of methoxy groups -OCH3 is 1. The summed E-state index contributed by atoms with van der Waals surface area (Å²) < 4.78 is 15.5. The molecule has 152 valence electrons. The Morgan fingerprint density at radius 1 is 1.14 bits per heavy atom. The maximum atomic E-state index is 11.8. The molecule has 0 saturated heterocycles. The number of benzene rings is 2. The van der Waals surface area contributed by atoms with Crippen molar-refractivity contribution >= 4 is 29.3 Å². The first-order valence-electron chi connectivity index (χ1n) is 8.63. The first-order valence-corrected chi connectivity index (χ1v) is 8.63. The van der Waals surface area contributed by atoms with Gasteiger partial charge >= 0.3 is 5.97 Å². The number of nitro groups is 1. The number of rotatable bonds is 9. The highest BCUT2D eigenvalue weighted by molar-refractivity contribution is 5.94. The van der Waals surface area contributed by atoms with Gasteiger partial charge in [-0.25, -0.2) is 4.79 Å². The van der Waals surface area contributed by atoms with Crippen molar-refractivity contribution in [3.63, 3.8) is 0 Å². The molecule has 9 nitrogen and oxygen atoms in total. The van der Waals surface area contributed by atoms with Crippen molar-refractivity contribution in [2.75, 3.05) is 25.6 Å². The monoisotopic (exact) mass is 400 g/mol. The van der Waals surface area contributed by atoms with Gasteiger partial charge in [-0.1, -0.05) is 6.07 Å². The molecule has 0 fully saturated rings. The van der Waals surface area contributed by atoms with Crippen LogP contribution in [-0.4, -0.2) is 37.1 Å². The van der Waals surface area contributed by atoms with Gasteiger partial charge in [-0.3, -0.25) is 14.9 Å². The van der Waals surface area contributed by atoms with Crippen LogP contribution in [0.2, 0.25) is 0 Å². The Labute approximate surface area is 167 Å². The topological polar surface area (TPSA) is 117 Å². The summed E-state index contributed by atoms with van der Waals surface area (Å²) in [5.74, 6) is -0.137. The van der Waals surface area contributed by atoms with Crippen LogP contribution in [0.5, 0.6) is 11.5 Å². The van der Waals surface area contributed by atoms with Gasteiger partial charge in [-0.15, -0.1) is 0 Å². The summed E-state index contributed by atoms with van der Waals surface area (Å²) in [7, 11) is 1.52. The zero-order valence-corrected chi connectivity index (χ0v) is 15.9. The number of carbonyl (C=O) groups excluding carboxylic acids is 2. The highest BCUT2D eigenvalue weighted by Crippen LogP contribution is 2.28. The summed E-state index contributed by atoms with van der Waals surface area (Å²) >= 11 is 0. The molecule has 29 heavy (non-hydrogen) atoms. The van der Waals surface area contributed by atoms with Gasteiger partial charge in [0.15, 0.2) is 18.1 Å². The second-order valence-electron chi connectivity index (χ2n) is 5.64. The van der Waals surface area contributed by atoms with Crippen LogP contribution in [0.4, 0.5) is 11.4 Å². The fourth-order valence-electron chi connectivity index (χ4n) is 2.28. The third-order valence-corrected chi connectivity index (χ3v) is 3.61. The second kappa shape index (κ2) is 10.5. The molecule has 9 heteroatoms. The normalized spacial score (nSPS) is 10.4. The third-order valence-electron chi connectivity index (χ3n) is 3.61. The van der Waals surface area contributed by atoms with Gasteiger partial charge in [0.05, 0.1) is 18.6 Å². The van der Waals surface area contributed by atoms with E-state index in [0.717, 1.165) is 0 Å². The quantitative estimate of drug-likeness (QED) is 0.297. The lowest BCUT2D eigenvalue weighted by atomic mass is 10.2. The number of nitrogens with zero attached hydrogens (tertiary/aromatic N) is 1. The first kappa shape index (κ1) is 21.4. The zero-order chi connectivity index (χ0) is 21.2. The Kier molecular flexibility index (Phi) is 7.72. The SMILES string of the molecule is CCOc1ccc(/C=C/C(=O)OCC(=O)Nc2ccc([N+](=O)[O-])cc2)cc1OC. The Morgan fingerprint density at radius 3 is 2.48 bits per heavy atom. The molecular weight excluding hydrogens is 380 g/mol. The van der Waals surface area contributed by atoms with Crippen molar-refractivity contribution in [3.05, 3.63) is 64.2 Å². The number of nitrogens with one attached hydrogen (secondary N) is 1. The average molecular weight is 400 g/mol. The van der Waals surface area contributed by atoms with Crippen LogP contribution >= 0.6 is 0 Å². The Hall–Kier alpha value is -3.88. The van der Waals surface area contributed by atoms with Gasteiger partial charge in [-0.05, 0) is 42.8 Å². The summed E-state index contributed by atoms with van der Waals surface area (Å²) in [6.45, 7) is 1.87. The van der Waals surface area contributed by atoms with E-state index in [-0.39, 0.29) is 5.69 Å². The van der Waals surface area contributed by atoms with E-state index in [0.29, 0.717) is 29.4 Å². The molecule has 2 aromatic carbocycles. The highest BCUT2D eigenvalue weighted by Gasteiger charge is 2.09. The van der Waals surface area contributed by atoms with E-state index in [1.165, 1.54) is 43.5 Å². The molecule has 0 saturated carbocycles. The van der Waals surface area contributed by atoms with E-state index >= 15 is 0 Å². The number of hydrogen-bond acceptors (Lipinski definition) is 7. The fraction of sp³-hybridized carbons (Fsp3) is 0.200. The molecular formula is C20H20N2O7. The van der Waals surface area contributed by atoms with Crippen molar-refractivity contribution in [3.8, 4) is 11.5 Å². The smallest absolute Gasteiger partial charge is 0.331 e. The Balaban J connectivity index is 1.85. The van der Waals surface area contributed by atoms with Gasteiger partial charge in [0.25, 0.3) is 11.6 Å². The van der Waals surface area contributed by atoms with E-state index < -0.39 is 23.4 Å². The van der Waals surface area contributed by atoms with Crippen LogP contribution in [0.25, 0.3) is 6.08 Å². The van der Waals surface area contributed by atoms with Gasteiger partial charge in [0.1, 0.15) is 0 Å². The molecule has 1 N–H and O–H groups in total. The molecule has 0 bridgehead atoms. The Bertz CT molecular complexity index is 908. The van der Waals surface area contributed by atoms with Crippen LogP contribution in [0, 0.1) is 10.1 Å². The molecule has 1 amide bonds. The molecule has 0 aromatic heterocycles. The first-order chi connectivity index (χ1) is 13.9. The lowest BCUT2D eigenvalue weighted by molar-refractivity contribution is -0.384. The summed E-state index contributed by atoms with van der Waals surface area (Å²) in [6, 6.07) is 10.5. The number of amides is 1. The number of nitro benzene ring substituents is 1. The van der Waals surface area contributed by atoms with Gasteiger partial charge < -0.3 is 19.5 Å². The molecule has 2 aromatic rings. The van der Waals surface area contributed by atoms with Crippen LogP contribution in [0.15, 0.2) is 48.5 Å². The maximum absolute atomic E-state index is 11.8. The van der Waals surface area contributed by atoms with Crippen LogP contribution in [-0.2, 0) is 14.3 Å². The minimum absolute atomic E-state index is 0.0921. The molecule has 0 radical (unpaired) electrons. The average Bonchev–Trinajstić information content (AvgIpc) is 2.72. The third kappa shape index (κ3) is 6.65. The van der Waals surface area contributed by atoms with Crippen molar-refractivity contribution in [1.29, 1.82) is 0 Å². The molecule has 0 unspecified atom stereocenters. The number of anilines is 1. The number of esters is 1. The number of hydrogen-bond donors (Lipinski definition) is 1. The lowest BCUT2D eigenvalue weighted by Gasteiger charge is -2.09. The number of carbonyl (C=O) groups is 2. The fourth-order valence-corrected chi connectivity index (χ4v) is 2.28. The maximum Gasteiger partial charge on any atom is 0.331 e. The van der Waals surface area contributed by atoms with Gasteiger partial charge in [-0.2, -0.15) is 0 Å². The standard InChI is InChI=1S/C20H20N2O7/c1-3-28-17-10-4-14(12-18(17)27-2)5-11-20(24)29-13-19(23)21-15-6-8-16(9-7-15)22(25)26/h4-12H,3,13H2,1-2H3,(H,21,23)/b11-5+. The lowest BCUT2D eigenvalue weighted by Crippen LogP contribution is -2.20. The summed E-state index contributed by atoms with van der Waals surface area (Å²) in [6.07, 6.45) is 2.71. The minimum atomic E-state index is -0.697. The van der Waals surface area contributed by atoms with Crippen molar-refractivity contribution in [1.82, 2.24) is 0 Å². The molecule has 0 aliphatic carbocycles. The molecule has 2 rings (SSSR count). The molecule has 0 atom stereocenters. The Morgan fingerprint density at radius 2 is 1.86 bits per heavy atom. The highest BCUT2D eigenvalue weighted by atomic mass is 16.6. The molecule has 0 aliphatic rings. The van der Waals surface area contributed by atoms with Gasteiger partial charge in [0, 0.05) is 23.9 Å². The predicted molar refractivity (Wildman–Crippen MR) is 106 cm³/mol. The summed E-state index contributed by atoms with van der Waals surface area (Å²) in [5.41, 5.74) is 0.955. The molecule has 0 aliphatic heterocycles. The van der Waals surface area contributed by atoms with Crippen molar-refractivity contribution < 1.29 is 28.7 Å². The summed E-state index contributed by atoms with van der Waals surface area (Å²) in [4.78, 5) is 33.7. The van der Waals surface area contributed by atoms with Crippen molar-refractivity contribution in [2.45, 2.75) is 6.92 Å². The molecule has 0 heterocycles. The molecule has 0 spiro atoms. The van der Waals surface area contributed by atoms with Crippen LogP contribution in [0.1, 0.15) is 12.5 Å². The van der Waals surface area contributed by atoms with E-state index in [2.05, 4.69) is 5.32 Å².